The van der Waals surface area contributed by atoms with Crippen molar-refractivity contribution < 1.29 is 4.74 Å². The smallest absolute Gasteiger partial charge is 0.133 e. The van der Waals surface area contributed by atoms with Gasteiger partial charge in [-0.1, -0.05) is 13.0 Å². The van der Waals surface area contributed by atoms with E-state index >= 15 is 0 Å². The number of aromatic nitrogens is 1. The predicted octanol–water partition coefficient (Wildman–Crippen LogP) is 3.36. The van der Waals surface area contributed by atoms with E-state index in [-0.39, 0.29) is 0 Å². The number of methoxy groups -OCH3 is 1. The highest BCUT2D eigenvalue weighted by Crippen LogP contribution is 2.24. The molecule has 0 fully saturated rings. The van der Waals surface area contributed by atoms with Gasteiger partial charge in [-0.3, -0.25) is 0 Å². The van der Waals surface area contributed by atoms with Crippen molar-refractivity contribution in [2.24, 2.45) is 0 Å². The molecule has 0 saturated carbocycles. The zero-order valence-electron chi connectivity index (χ0n) is 13.0. The molecule has 0 saturated heterocycles. The molecule has 0 spiro atoms. The van der Waals surface area contributed by atoms with E-state index in [2.05, 4.69) is 17.1 Å². The summed E-state index contributed by atoms with van der Waals surface area (Å²) >= 11 is 0. The SMILES string of the molecule is CCCNCc1cccc(N(C)c2ccc(OC)cc2)n1. The second-order valence-corrected chi connectivity index (χ2v) is 4.92. The summed E-state index contributed by atoms with van der Waals surface area (Å²) < 4.78 is 5.19. The van der Waals surface area contributed by atoms with Gasteiger partial charge in [-0.25, -0.2) is 4.98 Å². The molecule has 2 rings (SSSR count). The molecule has 0 radical (unpaired) electrons. The summed E-state index contributed by atoms with van der Waals surface area (Å²) in [5.74, 6) is 1.80. The highest BCUT2D eigenvalue weighted by Gasteiger charge is 2.06. The van der Waals surface area contributed by atoms with Gasteiger partial charge in [0.15, 0.2) is 0 Å². The van der Waals surface area contributed by atoms with Crippen LogP contribution in [0.15, 0.2) is 42.5 Å². The minimum atomic E-state index is 0.804. The Bertz CT molecular complexity index is 554. The van der Waals surface area contributed by atoms with Gasteiger partial charge >= 0.3 is 0 Å². The molecule has 1 aromatic heterocycles. The average molecular weight is 285 g/mol. The third kappa shape index (κ3) is 4.20. The lowest BCUT2D eigenvalue weighted by atomic mass is 10.2. The van der Waals surface area contributed by atoms with Crippen LogP contribution in [0.5, 0.6) is 5.75 Å². The van der Waals surface area contributed by atoms with Crippen LogP contribution in [0.4, 0.5) is 11.5 Å². The highest BCUT2D eigenvalue weighted by molar-refractivity contribution is 5.60. The third-order valence-corrected chi connectivity index (χ3v) is 3.33. The molecule has 4 nitrogen and oxygen atoms in total. The summed E-state index contributed by atoms with van der Waals surface area (Å²) in [7, 11) is 3.69. The van der Waals surface area contributed by atoms with E-state index < -0.39 is 0 Å². The van der Waals surface area contributed by atoms with Crippen LogP contribution in [0.3, 0.4) is 0 Å². The summed E-state index contributed by atoms with van der Waals surface area (Å²) in [6, 6.07) is 14.1. The van der Waals surface area contributed by atoms with E-state index in [9.17, 15) is 0 Å². The minimum Gasteiger partial charge on any atom is -0.497 e. The zero-order valence-corrected chi connectivity index (χ0v) is 13.0. The van der Waals surface area contributed by atoms with Crippen LogP contribution in [-0.2, 0) is 6.54 Å². The van der Waals surface area contributed by atoms with Gasteiger partial charge in [-0.2, -0.15) is 0 Å². The van der Waals surface area contributed by atoms with Crippen molar-refractivity contribution in [1.82, 2.24) is 10.3 Å². The van der Waals surface area contributed by atoms with Crippen molar-refractivity contribution in [2.75, 3.05) is 25.6 Å². The van der Waals surface area contributed by atoms with E-state index in [4.69, 9.17) is 9.72 Å². The lowest BCUT2D eigenvalue weighted by Gasteiger charge is -2.19. The first-order chi connectivity index (χ1) is 10.2. The van der Waals surface area contributed by atoms with Crippen molar-refractivity contribution in [1.29, 1.82) is 0 Å². The molecule has 0 atom stereocenters. The normalized spacial score (nSPS) is 10.4. The molecule has 0 aliphatic carbocycles. The first kappa shape index (κ1) is 15.3. The van der Waals surface area contributed by atoms with Crippen LogP contribution in [0.1, 0.15) is 19.0 Å². The lowest BCUT2D eigenvalue weighted by molar-refractivity contribution is 0.415. The first-order valence-electron chi connectivity index (χ1n) is 7.29. The molecule has 112 valence electrons. The Morgan fingerprint density at radius 3 is 2.57 bits per heavy atom. The van der Waals surface area contributed by atoms with Gasteiger partial charge in [-0.15, -0.1) is 0 Å². The number of ether oxygens (including phenoxy) is 1. The van der Waals surface area contributed by atoms with Crippen LogP contribution in [-0.4, -0.2) is 25.7 Å². The van der Waals surface area contributed by atoms with Crippen molar-refractivity contribution in [3.05, 3.63) is 48.2 Å². The Morgan fingerprint density at radius 2 is 1.90 bits per heavy atom. The summed E-state index contributed by atoms with van der Waals surface area (Å²) in [5.41, 5.74) is 2.14. The molecule has 21 heavy (non-hydrogen) atoms. The number of hydrogen-bond donors (Lipinski definition) is 1. The van der Waals surface area contributed by atoms with Crippen LogP contribution in [0, 0.1) is 0 Å². The van der Waals surface area contributed by atoms with Crippen LogP contribution < -0.4 is 15.0 Å². The Morgan fingerprint density at radius 1 is 1.14 bits per heavy atom. The maximum absolute atomic E-state index is 5.19. The maximum Gasteiger partial charge on any atom is 0.133 e. The fraction of sp³-hybridized carbons (Fsp3) is 0.353. The lowest BCUT2D eigenvalue weighted by Crippen LogP contribution is -2.16. The van der Waals surface area contributed by atoms with E-state index in [1.54, 1.807) is 7.11 Å². The van der Waals surface area contributed by atoms with Gasteiger partial charge in [0.25, 0.3) is 0 Å². The Kier molecular flexibility index (Phi) is 5.58. The van der Waals surface area contributed by atoms with Gasteiger partial charge < -0.3 is 15.0 Å². The number of pyridine rings is 1. The number of anilines is 2. The quantitative estimate of drug-likeness (QED) is 0.792. The van der Waals surface area contributed by atoms with Crippen molar-refractivity contribution in [2.45, 2.75) is 19.9 Å². The minimum absolute atomic E-state index is 0.804. The highest BCUT2D eigenvalue weighted by atomic mass is 16.5. The number of hydrogen-bond acceptors (Lipinski definition) is 4. The second kappa shape index (κ2) is 7.64. The number of benzene rings is 1. The molecule has 1 aromatic carbocycles. The maximum atomic E-state index is 5.19. The fourth-order valence-electron chi connectivity index (χ4n) is 2.08. The third-order valence-electron chi connectivity index (χ3n) is 3.33. The van der Waals surface area contributed by atoms with Crippen LogP contribution >= 0.6 is 0 Å². The number of nitrogens with one attached hydrogen (secondary N) is 1. The van der Waals surface area contributed by atoms with Gasteiger partial charge in [-0.05, 0) is 49.4 Å². The molecule has 0 unspecified atom stereocenters. The van der Waals surface area contributed by atoms with Gasteiger partial charge in [0.05, 0.1) is 12.8 Å². The molecule has 0 amide bonds. The molecule has 2 aromatic rings. The average Bonchev–Trinajstić information content (AvgIpc) is 2.55. The van der Waals surface area contributed by atoms with Crippen molar-refractivity contribution >= 4 is 11.5 Å². The molecule has 0 aliphatic heterocycles. The topological polar surface area (TPSA) is 37.4 Å². The van der Waals surface area contributed by atoms with E-state index in [1.807, 2.05) is 49.5 Å². The van der Waals surface area contributed by atoms with E-state index in [0.717, 1.165) is 42.5 Å². The predicted molar refractivity (Wildman–Crippen MR) is 87.3 cm³/mol. The second-order valence-electron chi connectivity index (χ2n) is 4.92. The zero-order chi connectivity index (χ0) is 15.1. The summed E-state index contributed by atoms with van der Waals surface area (Å²) in [4.78, 5) is 6.77. The van der Waals surface area contributed by atoms with E-state index in [1.165, 1.54) is 0 Å². The van der Waals surface area contributed by atoms with Crippen molar-refractivity contribution in [3.63, 3.8) is 0 Å². The molecule has 0 aliphatic rings. The summed E-state index contributed by atoms with van der Waals surface area (Å²) in [6.45, 7) is 3.98. The largest absolute Gasteiger partial charge is 0.497 e. The molecule has 1 heterocycles. The summed E-state index contributed by atoms with van der Waals surface area (Å²) in [5, 5.41) is 3.37. The monoisotopic (exact) mass is 285 g/mol. The van der Waals surface area contributed by atoms with Crippen LogP contribution in [0.25, 0.3) is 0 Å². The molecule has 4 heteroatoms. The van der Waals surface area contributed by atoms with Crippen LogP contribution in [0.2, 0.25) is 0 Å². The Hall–Kier alpha value is -2.07. The van der Waals surface area contributed by atoms with Crippen molar-refractivity contribution in [3.8, 4) is 5.75 Å². The fourth-order valence-corrected chi connectivity index (χ4v) is 2.08. The summed E-state index contributed by atoms with van der Waals surface area (Å²) in [6.07, 6.45) is 1.13. The Balaban J connectivity index is 2.10. The standard InChI is InChI=1S/C17H23N3O/c1-4-12-18-13-14-6-5-7-17(19-14)20(2)15-8-10-16(21-3)11-9-15/h5-11,18H,4,12-13H2,1-3H3. The molecule has 1 N–H and O–H groups in total. The van der Waals surface area contributed by atoms with Gasteiger partial charge in [0.2, 0.25) is 0 Å². The van der Waals surface area contributed by atoms with E-state index in [0.29, 0.717) is 0 Å². The number of rotatable bonds is 7. The Labute approximate surface area is 126 Å². The van der Waals surface area contributed by atoms with Gasteiger partial charge in [0.1, 0.15) is 11.6 Å². The molecule has 0 bridgehead atoms. The number of nitrogens with zero attached hydrogens (tertiary/aromatic N) is 2. The molecular weight excluding hydrogens is 262 g/mol. The van der Waals surface area contributed by atoms with Gasteiger partial charge in [0, 0.05) is 19.3 Å². The first-order valence-corrected chi connectivity index (χ1v) is 7.29. The molecular formula is C17H23N3O.